The van der Waals surface area contributed by atoms with Crippen LogP contribution >= 0.6 is 0 Å². The zero-order valence-corrected chi connectivity index (χ0v) is 29.9. The second-order valence-electron chi connectivity index (χ2n) is 13.8. The van der Waals surface area contributed by atoms with Crippen molar-refractivity contribution < 1.29 is 34.4 Å². The number of fused-ring (bicyclic) bond motifs is 6. The molecule has 0 spiro atoms. The molecule has 4 nitrogen and oxygen atoms in total. The summed E-state index contributed by atoms with van der Waals surface area (Å²) in [6.45, 7) is 11.4. The number of hydrogen-bond acceptors (Lipinski definition) is 3. The van der Waals surface area contributed by atoms with E-state index in [-0.39, 0.29) is 42.5 Å². The molecule has 5 heteroatoms. The third-order valence-corrected chi connectivity index (χ3v) is 8.26. The zero-order chi connectivity index (χ0) is 32.6. The predicted octanol–water partition coefficient (Wildman–Crippen LogP) is 11.5. The van der Waals surface area contributed by atoms with Crippen LogP contribution in [0, 0.1) is 16.9 Å². The van der Waals surface area contributed by atoms with E-state index < -0.39 is 0 Å². The number of rotatable bonds is 3. The van der Waals surface area contributed by atoms with Crippen LogP contribution in [0.25, 0.3) is 65.9 Å². The van der Waals surface area contributed by atoms with Crippen LogP contribution in [0.1, 0.15) is 41.5 Å². The van der Waals surface area contributed by atoms with Crippen LogP contribution in [0.5, 0.6) is 0 Å². The SMILES string of the molecule is CC(C)(C)C(=[OH+])/C=C(\O)C(C)(C)C.[Ir].[c-]1cc(-c2ccc3c(c2)oc2ccccc23)ccc1-c1nccc2c1ccc1ccccc12. The number of benzene rings is 5. The number of para-hydroxylation sites is 1. The summed E-state index contributed by atoms with van der Waals surface area (Å²) in [4.78, 5) is 14.3. The van der Waals surface area contributed by atoms with Crippen LogP contribution in [0.2, 0.25) is 0 Å². The van der Waals surface area contributed by atoms with Gasteiger partial charge in [0, 0.05) is 42.5 Å². The maximum Gasteiger partial charge on any atom is 0.325 e. The molecule has 0 fully saturated rings. The van der Waals surface area contributed by atoms with E-state index in [1.807, 2.05) is 72.0 Å². The molecule has 7 rings (SSSR count). The molecular formula is C42H39IrNO3. The van der Waals surface area contributed by atoms with Gasteiger partial charge < -0.3 is 14.5 Å². The minimum Gasteiger partial charge on any atom is -0.511 e. The van der Waals surface area contributed by atoms with Crippen molar-refractivity contribution in [2.24, 2.45) is 10.8 Å². The summed E-state index contributed by atoms with van der Waals surface area (Å²) in [5.41, 5.74) is 5.37. The smallest absolute Gasteiger partial charge is 0.325 e. The van der Waals surface area contributed by atoms with Gasteiger partial charge in [-0.2, -0.15) is 0 Å². The topological polar surface area (TPSA) is 67.7 Å². The molecule has 0 aliphatic rings. The molecule has 239 valence electrons. The number of aliphatic hydroxyl groups is 1. The molecule has 47 heavy (non-hydrogen) atoms. The minimum absolute atomic E-state index is 0. The van der Waals surface area contributed by atoms with E-state index >= 15 is 0 Å². The Morgan fingerprint density at radius 3 is 2.06 bits per heavy atom. The molecule has 0 bridgehead atoms. The fraction of sp³-hybridized carbons (Fsp3) is 0.190. The maximum atomic E-state index is 9.60. The first-order valence-electron chi connectivity index (χ1n) is 15.6. The van der Waals surface area contributed by atoms with Gasteiger partial charge in [0.2, 0.25) is 0 Å². The van der Waals surface area contributed by atoms with E-state index in [0.29, 0.717) is 0 Å². The Balaban J connectivity index is 0.000000267. The third-order valence-electron chi connectivity index (χ3n) is 8.26. The van der Waals surface area contributed by atoms with Crippen LogP contribution in [-0.4, -0.2) is 20.7 Å². The Labute approximate surface area is 289 Å². The summed E-state index contributed by atoms with van der Waals surface area (Å²) in [6, 6.07) is 39.2. The molecule has 5 aromatic carbocycles. The first kappa shape index (κ1) is 33.8. The van der Waals surface area contributed by atoms with Crippen molar-refractivity contribution in [3.8, 4) is 22.4 Å². The summed E-state index contributed by atoms with van der Waals surface area (Å²) in [7, 11) is 0. The Morgan fingerprint density at radius 2 is 1.36 bits per heavy atom. The van der Waals surface area contributed by atoms with Gasteiger partial charge in [0.1, 0.15) is 16.9 Å². The van der Waals surface area contributed by atoms with Gasteiger partial charge in [-0.3, -0.25) is 4.79 Å². The van der Waals surface area contributed by atoms with Gasteiger partial charge in [0.15, 0.2) is 0 Å². The van der Waals surface area contributed by atoms with Crippen molar-refractivity contribution in [1.82, 2.24) is 4.98 Å². The largest absolute Gasteiger partial charge is 0.511 e. The molecule has 2 N–H and O–H groups in total. The number of hydrogen-bond donors (Lipinski definition) is 1. The van der Waals surface area contributed by atoms with Gasteiger partial charge in [-0.15, -0.1) is 29.8 Å². The number of carbonyl (C=O) groups excluding carboxylic acids is 1. The number of aliphatic hydroxyl groups excluding tert-OH is 1. The summed E-state index contributed by atoms with van der Waals surface area (Å²) in [5, 5.41) is 16.7. The molecule has 0 atom stereocenters. The minimum atomic E-state index is -0.306. The Kier molecular flexibility index (Phi) is 9.54. The number of furan rings is 1. The molecule has 0 aliphatic heterocycles. The van der Waals surface area contributed by atoms with E-state index in [1.165, 1.54) is 22.2 Å². The quantitative estimate of drug-likeness (QED) is 0.0636. The summed E-state index contributed by atoms with van der Waals surface area (Å²) < 4.78 is 6.07. The van der Waals surface area contributed by atoms with Gasteiger partial charge in [0.25, 0.3) is 0 Å². The Morgan fingerprint density at radius 1 is 0.702 bits per heavy atom. The van der Waals surface area contributed by atoms with E-state index in [1.54, 1.807) is 0 Å². The molecule has 2 heterocycles. The van der Waals surface area contributed by atoms with Crippen molar-refractivity contribution in [2.75, 3.05) is 0 Å². The zero-order valence-electron chi connectivity index (χ0n) is 27.6. The number of ketones is 1. The number of aromatic nitrogens is 1. The molecule has 2 aromatic heterocycles. The van der Waals surface area contributed by atoms with Crippen molar-refractivity contribution in [2.45, 2.75) is 41.5 Å². The van der Waals surface area contributed by atoms with Crippen LogP contribution < -0.4 is 0 Å². The second kappa shape index (κ2) is 13.3. The third kappa shape index (κ3) is 7.07. The molecule has 0 saturated heterocycles. The fourth-order valence-electron chi connectivity index (χ4n) is 5.37. The second-order valence-corrected chi connectivity index (χ2v) is 13.8. The van der Waals surface area contributed by atoms with E-state index in [0.717, 1.165) is 49.7 Å². The summed E-state index contributed by atoms with van der Waals surface area (Å²) >= 11 is 0. The van der Waals surface area contributed by atoms with Gasteiger partial charge in [-0.05, 0) is 66.2 Å². The first-order valence-corrected chi connectivity index (χ1v) is 15.6. The van der Waals surface area contributed by atoms with Gasteiger partial charge in [-0.25, -0.2) is 0 Å². The van der Waals surface area contributed by atoms with Gasteiger partial charge in [0.05, 0.1) is 11.5 Å². The van der Waals surface area contributed by atoms with E-state index in [9.17, 15) is 9.90 Å². The predicted molar refractivity (Wildman–Crippen MR) is 193 cm³/mol. The van der Waals surface area contributed by atoms with Crippen LogP contribution in [-0.2, 0) is 20.1 Å². The van der Waals surface area contributed by atoms with Crippen LogP contribution in [0.3, 0.4) is 0 Å². The average Bonchev–Trinajstić information content (AvgIpc) is 3.42. The Hall–Kier alpha value is -4.57. The molecule has 7 aromatic rings. The first-order chi connectivity index (χ1) is 21.9. The Bertz CT molecular complexity index is 2250. The van der Waals surface area contributed by atoms with Crippen molar-refractivity contribution in [1.29, 1.82) is 0 Å². The average molecular weight is 798 g/mol. The maximum absolute atomic E-state index is 9.60. The van der Waals surface area contributed by atoms with Crippen molar-refractivity contribution in [3.63, 3.8) is 0 Å². The molecule has 0 amide bonds. The number of pyridine rings is 1. The van der Waals surface area contributed by atoms with E-state index in [2.05, 4.69) is 84.9 Å². The van der Waals surface area contributed by atoms with Crippen molar-refractivity contribution >= 4 is 49.3 Å². The molecular weight excluding hydrogens is 759 g/mol. The monoisotopic (exact) mass is 798 g/mol. The normalized spacial score (nSPS) is 12.2. The molecule has 0 saturated carbocycles. The van der Waals surface area contributed by atoms with Crippen LogP contribution in [0.15, 0.2) is 126 Å². The molecule has 0 unspecified atom stereocenters. The standard InChI is InChI=1S/C31H18NO.C11H20O2.Ir/c1-2-6-24-21(5-1)13-16-28-25(24)17-18-32-31(28)22-11-9-20(10-12-22)23-14-15-27-26-7-3-4-8-29(26)33-30(27)19-23;1-10(2,3)8(12)7-9(13)11(4,5)6;/h1-11,13-19H;7,12H,1-6H3;/q-1;;/p+1/b;8-7-;. The number of allylic oxidation sites excluding steroid dienone is 2. The van der Waals surface area contributed by atoms with Crippen LogP contribution in [0.4, 0.5) is 0 Å². The molecule has 1 radical (unpaired) electrons. The summed E-state index contributed by atoms with van der Waals surface area (Å²) in [5.74, 6) is 0.417. The number of nitrogens with zero attached hydrogens (tertiary/aromatic N) is 1. The van der Waals surface area contributed by atoms with Gasteiger partial charge in [-0.1, -0.05) is 98.6 Å². The van der Waals surface area contributed by atoms with E-state index in [4.69, 9.17) is 9.40 Å². The molecule has 0 aliphatic carbocycles. The summed E-state index contributed by atoms with van der Waals surface area (Å²) in [6.07, 6.45) is 3.33. The van der Waals surface area contributed by atoms with Crippen molar-refractivity contribution in [3.05, 3.63) is 127 Å². The van der Waals surface area contributed by atoms with Gasteiger partial charge >= 0.3 is 5.78 Å². The fourth-order valence-corrected chi connectivity index (χ4v) is 5.37.